The molecule has 5 nitrogen and oxygen atoms in total. The molecule has 26 heavy (non-hydrogen) atoms. The summed E-state index contributed by atoms with van der Waals surface area (Å²) in [5, 5.41) is 2.65. The van der Waals surface area contributed by atoms with Crippen molar-refractivity contribution in [2.45, 2.75) is 15.5 Å². The molecule has 0 fully saturated rings. The van der Waals surface area contributed by atoms with Gasteiger partial charge in [0.1, 0.15) is 0 Å². The number of amides is 1. The quantitative estimate of drug-likeness (QED) is 0.712. The number of hydrogen-bond donors (Lipinski definition) is 1. The van der Waals surface area contributed by atoms with E-state index in [9.17, 15) is 22.0 Å². The first-order valence-corrected chi connectivity index (χ1v) is 9.89. The number of rotatable bonds is 6. The van der Waals surface area contributed by atoms with Gasteiger partial charge in [-0.05, 0) is 42.5 Å². The second-order valence-electron chi connectivity index (χ2n) is 5.29. The summed E-state index contributed by atoms with van der Waals surface area (Å²) in [6.45, 7) is 0. The monoisotopic (exact) mass is 420 g/mol. The molecule has 0 saturated carbocycles. The molecule has 0 spiro atoms. The molecule has 0 atom stereocenters. The highest BCUT2D eigenvalue weighted by molar-refractivity contribution is 7.99. The Morgan fingerprint density at radius 2 is 1.77 bits per heavy atom. The molecule has 140 valence electrons. The van der Waals surface area contributed by atoms with Crippen molar-refractivity contribution in [2.24, 2.45) is 0 Å². The lowest BCUT2D eigenvalue weighted by molar-refractivity contribution is 0.102. The smallest absolute Gasteiger partial charge is 0.288 e. The molecule has 0 radical (unpaired) electrons. The van der Waals surface area contributed by atoms with Crippen LogP contribution in [-0.2, 0) is 10.0 Å². The van der Waals surface area contributed by atoms with Gasteiger partial charge in [0.15, 0.2) is 0 Å². The summed E-state index contributed by atoms with van der Waals surface area (Å²) in [5.74, 6) is -3.14. The van der Waals surface area contributed by atoms with Gasteiger partial charge in [-0.2, -0.15) is 8.78 Å². The van der Waals surface area contributed by atoms with E-state index in [1.165, 1.54) is 56.6 Å². The van der Waals surface area contributed by atoms with Gasteiger partial charge in [-0.25, -0.2) is 12.7 Å². The highest BCUT2D eigenvalue weighted by Crippen LogP contribution is 2.27. The number of nitrogens with one attached hydrogen (secondary N) is 1. The van der Waals surface area contributed by atoms with Crippen molar-refractivity contribution in [2.75, 3.05) is 19.4 Å². The Labute approximate surface area is 159 Å². The fourth-order valence-electron chi connectivity index (χ4n) is 1.97. The minimum atomic E-state index is -3.72. The average Bonchev–Trinajstić information content (AvgIpc) is 2.56. The van der Waals surface area contributed by atoms with Crippen LogP contribution in [0.2, 0.25) is 5.02 Å². The van der Waals surface area contributed by atoms with Gasteiger partial charge in [-0.3, -0.25) is 4.79 Å². The first-order chi connectivity index (χ1) is 12.1. The van der Waals surface area contributed by atoms with Gasteiger partial charge in [-0.1, -0.05) is 23.4 Å². The van der Waals surface area contributed by atoms with Gasteiger partial charge in [0.25, 0.3) is 11.7 Å². The van der Waals surface area contributed by atoms with E-state index in [1.807, 2.05) is 0 Å². The Bertz CT molecular complexity index is 904. The lowest BCUT2D eigenvalue weighted by Crippen LogP contribution is -2.23. The van der Waals surface area contributed by atoms with Gasteiger partial charge in [0, 0.05) is 24.7 Å². The van der Waals surface area contributed by atoms with Crippen LogP contribution < -0.4 is 5.32 Å². The number of halogens is 3. The molecule has 0 aliphatic rings. The summed E-state index contributed by atoms with van der Waals surface area (Å²) >= 11 is 6.41. The van der Waals surface area contributed by atoms with Gasteiger partial charge < -0.3 is 5.32 Å². The number of carbonyl (C=O) groups excluding carboxylic acids is 1. The van der Waals surface area contributed by atoms with Crippen molar-refractivity contribution in [3.05, 3.63) is 53.1 Å². The zero-order valence-electron chi connectivity index (χ0n) is 13.7. The Hall–Kier alpha value is -1.68. The predicted octanol–water partition coefficient (Wildman–Crippen LogP) is 4.16. The van der Waals surface area contributed by atoms with E-state index in [-0.39, 0.29) is 15.5 Å². The Morgan fingerprint density at radius 1 is 1.15 bits per heavy atom. The molecule has 0 aromatic heterocycles. The maximum absolute atomic E-state index is 12.4. The molecule has 1 N–H and O–H groups in total. The van der Waals surface area contributed by atoms with Gasteiger partial charge in [-0.15, -0.1) is 0 Å². The molecule has 0 unspecified atom stereocenters. The minimum Gasteiger partial charge on any atom is -0.322 e. The SMILES string of the molecule is CN(C)S(=O)(=O)c1ccc(Cl)c(C(=O)Nc2ccc(SC(F)F)cc2)c1. The van der Waals surface area contributed by atoms with E-state index in [4.69, 9.17) is 11.6 Å². The molecule has 10 heteroatoms. The zero-order chi connectivity index (χ0) is 19.5. The molecule has 0 aliphatic heterocycles. The van der Waals surface area contributed by atoms with E-state index >= 15 is 0 Å². The number of thioether (sulfide) groups is 1. The average molecular weight is 421 g/mol. The van der Waals surface area contributed by atoms with Crippen LogP contribution in [0.25, 0.3) is 0 Å². The number of benzene rings is 2. The summed E-state index contributed by atoms with van der Waals surface area (Å²) in [6, 6.07) is 9.66. The zero-order valence-corrected chi connectivity index (χ0v) is 16.1. The molecule has 2 aromatic rings. The lowest BCUT2D eigenvalue weighted by atomic mass is 10.2. The van der Waals surface area contributed by atoms with E-state index < -0.39 is 21.7 Å². The second kappa shape index (κ2) is 8.34. The molecular weight excluding hydrogens is 406 g/mol. The van der Waals surface area contributed by atoms with Crippen LogP contribution in [0.3, 0.4) is 0 Å². The molecule has 1 amide bonds. The molecule has 0 heterocycles. The molecule has 2 aromatic carbocycles. The highest BCUT2D eigenvalue weighted by atomic mass is 35.5. The normalized spacial score (nSPS) is 11.8. The molecule has 0 saturated heterocycles. The van der Waals surface area contributed by atoms with Crippen LogP contribution >= 0.6 is 23.4 Å². The van der Waals surface area contributed by atoms with Crippen LogP contribution in [0.15, 0.2) is 52.3 Å². The van der Waals surface area contributed by atoms with E-state index in [0.29, 0.717) is 22.3 Å². The third kappa shape index (κ3) is 4.94. The molecular formula is C16H15ClF2N2O3S2. The fraction of sp³-hybridized carbons (Fsp3) is 0.188. The molecule has 2 rings (SSSR count). The van der Waals surface area contributed by atoms with Crippen molar-refractivity contribution in [3.8, 4) is 0 Å². The first-order valence-electron chi connectivity index (χ1n) is 7.19. The number of alkyl halides is 2. The summed E-state index contributed by atoms with van der Waals surface area (Å²) < 4.78 is 50.0. The first kappa shape index (κ1) is 20.6. The number of carbonyl (C=O) groups is 1. The molecule has 0 bridgehead atoms. The molecule has 0 aliphatic carbocycles. The summed E-state index contributed by atoms with van der Waals surface area (Å²) in [4.78, 5) is 12.7. The number of sulfonamides is 1. The van der Waals surface area contributed by atoms with Crippen LogP contribution in [0, 0.1) is 0 Å². The Balaban J connectivity index is 2.24. The van der Waals surface area contributed by atoms with Crippen molar-refractivity contribution < 1.29 is 22.0 Å². The Kier molecular flexibility index (Phi) is 6.62. The third-order valence-electron chi connectivity index (χ3n) is 3.30. The van der Waals surface area contributed by atoms with Crippen molar-refractivity contribution >= 4 is 45.0 Å². The highest BCUT2D eigenvalue weighted by Gasteiger charge is 2.21. The van der Waals surface area contributed by atoms with E-state index in [0.717, 1.165) is 4.31 Å². The van der Waals surface area contributed by atoms with Gasteiger partial charge >= 0.3 is 0 Å². The number of anilines is 1. The Morgan fingerprint density at radius 3 is 2.31 bits per heavy atom. The lowest BCUT2D eigenvalue weighted by Gasteiger charge is -2.13. The largest absolute Gasteiger partial charge is 0.322 e. The number of hydrogen-bond acceptors (Lipinski definition) is 4. The van der Waals surface area contributed by atoms with Crippen LogP contribution in [0.4, 0.5) is 14.5 Å². The topological polar surface area (TPSA) is 66.5 Å². The summed E-state index contributed by atoms with van der Waals surface area (Å²) in [6.07, 6.45) is 0. The standard InChI is InChI=1S/C16H15ClF2N2O3S2/c1-21(2)26(23,24)12-7-8-14(17)13(9-12)15(22)20-10-3-5-11(6-4-10)25-16(18)19/h3-9,16H,1-2H3,(H,20,22). The van der Waals surface area contributed by atoms with E-state index in [2.05, 4.69) is 5.32 Å². The van der Waals surface area contributed by atoms with E-state index in [1.54, 1.807) is 0 Å². The van der Waals surface area contributed by atoms with Crippen molar-refractivity contribution in [1.29, 1.82) is 0 Å². The van der Waals surface area contributed by atoms with Gasteiger partial charge in [0.05, 0.1) is 15.5 Å². The second-order valence-corrected chi connectivity index (χ2v) is 8.91. The van der Waals surface area contributed by atoms with Crippen LogP contribution in [0.1, 0.15) is 10.4 Å². The van der Waals surface area contributed by atoms with Crippen molar-refractivity contribution in [3.63, 3.8) is 0 Å². The van der Waals surface area contributed by atoms with Crippen LogP contribution in [0.5, 0.6) is 0 Å². The number of nitrogens with zero attached hydrogens (tertiary/aromatic N) is 1. The van der Waals surface area contributed by atoms with Crippen LogP contribution in [-0.4, -0.2) is 38.5 Å². The van der Waals surface area contributed by atoms with Crippen molar-refractivity contribution in [1.82, 2.24) is 4.31 Å². The summed E-state index contributed by atoms with van der Waals surface area (Å²) in [5.41, 5.74) is 0.353. The maximum atomic E-state index is 12.4. The third-order valence-corrected chi connectivity index (χ3v) is 6.16. The fourth-order valence-corrected chi connectivity index (χ4v) is 3.60. The predicted molar refractivity (Wildman–Crippen MR) is 98.6 cm³/mol. The summed E-state index contributed by atoms with van der Waals surface area (Å²) in [7, 11) is -0.964. The maximum Gasteiger partial charge on any atom is 0.288 e. The minimum absolute atomic E-state index is 0.0133. The van der Waals surface area contributed by atoms with Gasteiger partial charge in [0.2, 0.25) is 10.0 Å².